The number of rotatable bonds is 3. The fourth-order valence-corrected chi connectivity index (χ4v) is 3.50. The molecule has 76 valence electrons. The second kappa shape index (κ2) is 3.26. The maximum Gasteiger partial charge on any atom is 0.324 e. The van der Waals surface area contributed by atoms with Crippen LogP contribution in [-0.2, 0) is 14.6 Å². The van der Waals surface area contributed by atoms with Gasteiger partial charge >= 0.3 is 5.97 Å². The van der Waals surface area contributed by atoms with Crippen LogP contribution in [0.3, 0.4) is 0 Å². The summed E-state index contributed by atoms with van der Waals surface area (Å²) in [6.07, 6.45) is 0.165. The summed E-state index contributed by atoms with van der Waals surface area (Å²) < 4.78 is 22.2. The standard InChI is InChI=1S/C7H13NO4S/c1-2-8-7(6(9)10)3-4-13(11,12)5-7/h8H,2-5H2,1H3,(H,9,10). The van der Waals surface area contributed by atoms with Crippen LogP contribution in [0.1, 0.15) is 13.3 Å². The van der Waals surface area contributed by atoms with Crippen LogP contribution in [0.25, 0.3) is 0 Å². The van der Waals surface area contributed by atoms with Crippen LogP contribution in [-0.4, -0.2) is 43.1 Å². The first-order valence-electron chi connectivity index (χ1n) is 4.11. The van der Waals surface area contributed by atoms with Crippen LogP contribution in [0.15, 0.2) is 0 Å². The fourth-order valence-electron chi connectivity index (χ4n) is 1.57. The van der Waals surface area contributed by atoms with Crippen LogP contribution in [0.5, 0.6) is 0 Å². The number of carbonyl (C=O) groups is 1. The van der Waals surface area contributed by atoms with Gasteiger partial charge in [-0.1, -0.05) is 6.92 Å². The highest BCUT2D eigenvalue weighted by Gasteiger charge is 2.47. The molecular formula is C7H13NO4S. The number of carboxylic acids is 1. The third-order valence-electron chi connectivity index (χ3n) is 2.23. The van der Waals surface area contributed by atoms with E-state index in [1.54, 1.807) is 6.92 Å². The zero-order chi connectivity index (χ0) is 10.1. The number of carboxylic acid groups (broad SMARTS) is 1. The van der Waals surface area contributed by atoms with Crippen molar-refractivity contribution < 1.29 is 18.3 Å². The van der Waals surface area contributed by atoms with Crippen molar-refractivity contribution in [2.75, 3.05) is 18.1 Å². The summed E-state index contributed by atoms with van der Waals surface area (Å²) in [6, 6.07) is 0. The number of nitrogens with one attached hydrogen (secondary N) is 1. The van der Waals surface area contributed by atoms with Gasteiger partial charge in [-0.05, 0) is 13.0 Å². The van der Waals surface area contributed by atoms with Crippen LogP contribution in [0.2, 0.25) is 0 Å². The third-order valence-corrected chi connectivity index (χ3v) is 3.99. The fraction of sp³-hybridized carbons (Fsp3) is 0.857. The van der Waals surface area contributed by atoms with Crippen LogP contribution < -0.4 is 5.32 Å². The molecule has 0 saturated carbocycles. The average molecular weight is 207 g/mol. The molecule has 1 heterocycles. The molecule has 0 aromatic heterocycles. The summed E-state index contributed by atoms with van der Waals surface area (Å²) in [6.45, 7) is 2.22. The van der Waals surface area contributed by atoms with E-state index in [-0.39, 0.29) is 17.9 Å². The van der Waals surface area contributed by atoms with Crippen LogP contribution >= 0.6 is 0 Å². The molecule has 0 aliphatic carbocycles. The smallest absolute Gasteiger partial charge is 0.324 e. The molecule has 1 fully saturated rings. The Bertz CT molecular complexity index is 310. The molecule has 5 nitrogen and oxygen atoms in total. The Morgan fingerprint density at radius 3 is 2.54 bits per heavy atom. The summed E-state index contributed by atoms with van der Waals surface area (Å²) in [4.78, 5) is 10.9. The van der Waals surface area contributed by atoms with Gasteiger partial charge < -0.3 is 10.4 Å². The number of aliphatic carboxylic acids is 1. The van der Waals surface area contributed by atoms with Gasteiger partial charge in [0, 0.05) is 0 Å². The molecule has 13 heavy (non-hydrogen) atoms. The molecule has 0 aromatic carbocycles. The largest absolute Gasteiger partial charge is 0.480 e. The van der Waals surface area contributed by atoms with Gasteiger partial charge in [-0.2, -0.15) is 0 Å². The van der Waals surface area contributed by atoms with Crippen molar-refractivity contribution in [2.24, 2.45) is 0 Å². The number of likely N-dealkylation sites (N-methyl/N-ethyl adjacent to an activating group) is 1. The van der Waals surface area contributed by atoms with E-state index in [0.717, 1.165) is 0 Å². The predicted octanol–water partition coefficient (Wildman–Crippen LogP) is -0.762. The molecule has 1 saturated heterocycles. The van der Waals surface area contributed by atoms with Crippen molar-refractivity contribution in [1.82, 2.24) is 5.32 Å². The summed E-state index contributed by atoms with van der Waals surface area (Å²) in [7, 11) is -3.16. The van der Waals surface area contributed by atoms with Crippen molar-refractivity contribution in [3.05, 3.63) is 0 Å². The molecule has 1 unspecified atom stereocenters. The van der Waals surface area contributed by atoms with Gasteiger partial charge in [-0.25, -0.2) is 8.42 Å². The maximum atomic E-state index is 11.1. The van der Waals surface area contributed by atoms with Crippen LogP contribution in [0.4, 0.5) is 0 Å². The first kappa shape index (κ1) is 10.5. The van der Waals surface area contributed by atoms with E-state index >= 15 is 0 Å². The second-order valence-electron chi connectivity index (χ2n) is 3.26. The van der Waals surface area contributed by atoms with E-state index in [4.69, 9.17) is 5.11 Å². The third kappa shape index (κ3) is 2.00. The van der Waals surface area contributed by atoms with Crippen LogP contribution in [0, 0.1) is 0 Å². The van der Waals surface area contributed by atoms with E-state index in [9.17, 15) is 13.2 Å². The molecule has 0 bridgehead atoms. The Morgan fingerprint density at radius 2 is 2.23 bits per heavy atom. The minimum Gasteiger partial charge on any atom is -0.480 e. The number of sulfone groups is 1. The lowest BCUT2D eigenvalue weighted by Gasteiger charge is -2.22. The van der Waals surface area contributed by atoms with Gasteiger partial charge in [0.2, 0.25) is 0 Å². The van der Waals surface area contributed by atoms with Gasteiger partial charge in [0.25, 0.3) is 0 Å². The van der Waals surface area contributed by atoms with E-state index in [2.05, 4.69) is 5.32 Å². The molecule has 6 heteroatoms. The van der Waals surface area contributed by atoms with Crippen molar-refractivity contribution in [3.8, 4) is 0 Å². The monoisotopic (exact) mass is 207 g/mol. The lowest BCUT2D eigenvalue weighted by Crippen LogP contribution is -2.53. The predicted molar refractivity (Wildman–Crippen MR) is 47.3 cm³/mol. The highest BCUT2D eigenvalue weighted by molar-refractivity contribution is 7.91. The van der Waals surface area contributed by atoms with Crippen molar-refractivity contribution >= 4 is 15.8 Å². The quantitative estimate of drug-likeness (QED) is 0.635. The Morgan fingerprint density at radius 1 is 1.62 bits per heavy atom. The molecule has 1 aliphatic rings. The van der Waals surface area contributed by atoms with Crippen molar-refractivity contribution in [2.45, 2.75) is 18.9 Å². The minimum absolute atomic E-state index is 0.0354. The summed E-state index contributed by atoms with van der Waals surface area (Å²) in [5, 5.41) is 11.6. The molecule has 2 N–H and O–H groups in total. The van der Waals surface area contributed by atoms with E-state index in [1.165, 1.54) is 0 Å². The zero-order valence-electron chi connectivity index (χ0n) is 7.41. The highest BCUT2D eigenvalue weighted by Crippen LogP contribution is 2.23. The van der Waals surface area contributed by atoms with Crippen molar-refractivity contribution in [3.63, 3.8) is 0 Å². The topological polar surface area (TPSA) is 83.5 Å². The average Bonchev–Trinajstić information content (AvgIpc) is 2.28. The summed E-state index contributed by atoms with van der Waals surface area (Å²) in [5.41, 5.74) is -1.24. The summed E-state index contributed by atoms with van der Waals surface area (Å²) in [5.74, 6) is -1.40. The Hall–Kier alpha value is -0.620. The molecule has 1 aliphatic heterocycles. The van der Waals surface area contributed by atoms with Gasteiger partial charge in [0.15, 0.2) is 9.84 Å². The molecule has 0 aromatic rings. The molecule has 0 amide bonds. The first-order chi connectivity index (χ1) is 5.92. The minimum atomic E-state index is -3.16. The Labute approximate surface area is 77.1 Å². The number of hydrogen-bond acceptors (Lipinski definition) is 4. The molecule has 0 spiro atoms. The molecule has 0 radical (unpaired) electrons. The Balaban J connectivity index is 2.90. The normalized spacial score (nSPS) is 31.8. The van der Waals surface area contributed by atoms with E-state index < -0.39 is 21.3 Å². The van der Waals surface area contributed by atoms with Crippen molar-refractivity contribution in [1.29, 1.82) is 0 Å². The van der Waals surface area contributed by atoms with Gasteiger partial charge in [-0.3, -0.25) is 4.79 Å². The second-order valence-corrected chi connectivity index (χ2v) is 5.44. The lowest BCUT2D eigenvalue weighted by atomic mass is 9.99. The Kier molecular flexibility index (Phi) is 2.63. The SMILES string of the molecule is CCNC1(C(=O)O)CCS(=O)(=O)C1. The van der Waals surface area contributed by atoms with E-state index in [0.29, 0.717) is 6.54 Å². The first-order valence-corrected chi connectivity index (χ1v) is 5.93. The van der Waals surface area contributed by atoms with E-state index in [1.807, 2.05) is 0 Å². The van der Waals surface area contributed by atoms with Gasteiger partial charge in [0.1, 0.15) is 5.54 Å². The lowest BCUT2D eigenvalue weighted by molar-refractivity contribution is -0.143. The van der Waals surface area contributed by atoms with Gasteiger partial charge in [0.05, 0.1) is 11.5 Å². The molecule has 1 rings (SSSR count). The molecular weight excluding hydrogens is 194 g/mol. The zero-order valence-corrected chi connectivity index (χ0v) is 8.23. The van der Waals surface area contributed by atoms with Gasteiger partial charge in [-0.15, -0.1) is 0 Å². The number of hydrogen-bond donors (Lipinski definition) is 2. The highest BCUT2D eigenvalue weighted by atomic mass is 32.2. The maximum absolute atomic E-state index is 11.1. The summed E-state index contributed by atoms with van der Waals surface area (Å²) >= 11 is 0. The molecule has 1 atom stereocenters.